The Kier molecular flexibility index (Phi) is 6.52. The van der Waals surface area contributed by atoms with Crippen molar-refractivity contribution in [2.75, 3.05) is 6.56 Å². The molecular formula is C10H14FN2O15P3. The van der Waals surface area contributed by atoms with Gasteiger partial charge in [0.05, 0.1) is 8.30 Å². The zero-order valence-electron chi connectivity index (χ0n) is 16.5. The van der Waals surface area contributed by atoms with Gasteiger partial charge >= 0.3 is 29.2 Å². The summed E-state index contributed by atoms with van der Waals surface area (Å²) < 4.78 is 79.5. The van der Waals surface area contributed by atoms with Crippen molar-refractivity contribution in [3.63, 3.8) is 0 Å². The highest BCUT2D eigenvalue weighted by Gasteiger charge is 2.50. The zero-order chi connectivity index (χ0) is 25.6. The van der Waals surface area contributed by atoms with Gasteiger partial charge in [-0.2, -0.15) is 8.62 Å². The first-order chi connectivity index (χ1) is 14.7. The summed E-state index contributed by atoms with van der Waals surface area (Å²) in [6.45, 7) is -4.10. The number of hydrogen-bond donors (Lipinski definition) is 6. The van der Waals surface area contributed by atoms with Crippen LogP contribution in [0.5, 0.6) is 0 Å². The molecule has 0 spiro atoms. The normalized spacial score (nSPS) is 29.5. The topological polar surface area (TPSA) is 261 Å². The number of hydrogen-bond acceptors (Lipinski definition) is 11. The van der Waals surface area contributed by atoms with Crippen molar-refractivity contribution < 1.29 is 68.2 Å². The van der Waals surface area contributed by atoms with Crippen LogP contribution in [0, 0.1) is 0 Å². The molecule has 21 heteroatoms. The van der Waals surface area contributed by atoms with Crippen LogP contribution < -0.4 is 11.2 Å². The number of nitrogens with zero attached hydrogens (tertiary/aromatic N) is 1. The molecule has 176 valence electrons. The first-order valence-corrected chi connectivity index (χ1v) is 11.9. The van der Waals surface area contributed by atoms with Crippen molar-refractivity contribution in [2.45, 2.75) is 24.6 Å². The molecule has 1 aromatic rings. The van der Waals surface area contributed by atoms with Crippen molar-refractivity contribution in [3.05, 3.63) is 32.6 Å². The molecule has 6 N–H and O–H groups in total. The van der Waals surface area contributed by atoms with E-state index in [0.717, 1.165) is 0 Å². The molecule has 2 unspecified atom stereocenters. The molecule has 1 aliphatic rings. The molecule has 1 aromatic heterocycles. The molecular weight excluding hydrogens is 500 g/mol. The van der Waals surface area contributed by atoms with Crippen LogP contribution >= 0.6 is 23.5 Å². The first-order valence-electron chi connectivity index (χ1n) is 8.41. The monoisotopic (exact) mass is 516 g/mol. The standard InChI is InChI=1S/C10H14FN2O15P3/c11-10(4-25-30(21,22)28-31(23,24)27-29(18,19)20)1-6(15)8(26-10)13-2-5(3-14)7(16)12-9(13)17/h2-3,6,8,15H,1,4H2,(H,21,22)(H,23,24)(H,12,16,17)(H2,18,19,20)/t6-,8-,10+/m1/s1/i4D2. The molecule has 0 amide bonds. The first kappa shape index (κ1) is 22.8. The summed E-state index contributed by atoms with van der Waals surface area (Å²) in [5.74, 6) is -3.88. The van der Waals surface area contributed by atoms with Crippen LogP contribution in [0.2, 0.25) is 0 Å². The Hall–Kier alpha value is -1.39. The molecule has 0 radical (unpaired) electrons. The van der Waals surface area contributed by atoms with Crippen molar-refractivity contribution >= 4 is 29.8 Å². The number of phosphoric acid groups is 3. The number of phosphoric ester groups is 1. The number of carbonyl (C=O) groups excluding carboxylic acids is 1. The Morgan fingerprint density at radius 3 is 2.45 bits per heavy atom. The van der Waals surface area contributed by atoms with Crippen LogP contribution in [0.15, 0.2) is 15.8 Å². The smallest absolute Gasteiger partial charge is 0.388 e. The van der Waals surface area contributed by atoms with Gasteiger partial charge in [-0.05, 0) is 0 Å². The predicted molar refractivity (Wildman–Crippen MR) is 91.1 cm³/mol. The molecule has 2 heterocycles. The van der Waals surface area contributed by atoms with Gasteiger partial charge in [0.1, 0.15) is 12.7 Å². The van der Waals surface area contributed by atoms with Gasteiger partial charge in [-0.25, -0.2) is 22.9 Å². The van der Waals surface area contributed by atoms with Crippen LogP contribution in [-0.4, -0.2) is 59.0 Å². The van der Waals surface area contributed by atoms with Crippen LogP contribution in [0.1, 0.15) is 25.7 Å². The summed E-state index contributed by atoms with van der Waals surface area (Å²) in [4.78, 5) is 71.3. The maximum absolute atomic E-state index is 15.2. The average molecular weight is 516 g/mol. The van der Waals surface area contributed by atoms with E-state index in [1.807, 2.05) is 0 Å². The molecule has 0 saturated carbocycles. The van der Waals surface area contributed by atoms with E-state index in [1.54, 1.807) is 4.98 Å². The lowest BCUT2D eigenvalue weighted by Crippen LogP contribution is -2.37. The number of aromatic nitrogens is 2. The van der Waals surface area contributed by atoms with Crippen LogP contribution in [0.25, 0.3) is 0 Å². The third-order valence-electron chi connectivity index (χ3n) is 3.23. The highest BCUT2D eigenvalue weighted by Crippen LogP contribution is 2.66. The summed E-state index contributed by atoms with van der Waals surface area (Å²) in [7, 11) is -18.0. The second-order valence-corrected chi connectivity index (χ2v) is 10.0. The molecule has 1 saturated heterocycles. The number of alkyl halides is 1. The van der Waals surface area contributed by atoms with Gasteiger partial charge in [-0.3, -0.25) is 23.7 Å². The van der Waals surface area contributed by atoms with E-state index in [4.69, 9.17) is 17.4 Å². The SMILES string of the molecule is [2H]C([2H])(OP(=O)(O)OP(=O)(O)OP(=O)(O)O)[C@]1(F)C[C@@H](O)[C@H](n2cc(C=O)c(=O)[nH]c2=O)O1. The molecule has 1 fully saturated rings. The Bertz CT molecular complexity index is 1200. The van der Waals surface area contributed by atoms with Gasteiger partial charge in [0, 0.05) is 12.6 Å². The molecule has 17 nitrogen and oxygen atoms in total. The van der Waals surface area contributed by atoms with Crippen molar-refractivity contribution in [1.82, 2.24) is 9.55 Å². The maximum atomic E-state index is 15.2. The number of nitrogens with one attached hydrogen (secondary N) is 1. The Morgan fingerprint density at radius 2 is 1.90 bits per heavy atom. The summed E-state index contributed by atoms with van der Waals surface area (Å²) in [6, 6.07) is 0. The van der Waals surface area contributed by atoms with E-state index in [2.05, 4.69) is 17.9 Å². The number of rotatable bonds is 9. The number of halogens is 1. The Morgan fingerprint density at radius 1 is 1.29 bits per heavy atom. The lowest BCUT2D eigenvalue weighted by atomic mass is 10.2. The lowest BCUT2D eigenvalue weighted by molar-refractivity contribution is -0.178. The average Bonchev–Trinajstić information content (AvgIpc) is 2.86. The minimum Gasteiger partial charge on any atom is -0.388 e. The molecule has 0 bridgehead atoms. The van der Waals surface area contributed by atoms with Gasteiger partial charge in [-0.1, -0.05) is 0 Å². The number of aldehydes is 1. The molecule has 0 aromatic carbocycles. The number of carbonyl (C=O) groups is 1. The third-order valence-corrected chi connectivity index (χ3v) is 6.88. The number of H-pyrrole nitrogens is 1. The van der Waals surface area contributed by atoms with Gasteiger partial charge in [-0.15, -0.1) is 0 Å². The number of aromatic amines is 1. The van der Waals surface area contributed by atoms with Gasteiger partial charge < -0.3 is 29.4 Å². The van der Waals surface area contributed by atoms with E-state index in [9.17, 15) is 38.1 Å². The predicted octanol–water partition coefficient (Wildman–Crippen LogP) is -1.36. The largest absolute Gasteiger partial charge is 0.490 e. The number of ether oxygens (including phenoxy) is 1. The Balaban J connectivity index is 2.31. The van der Waals surface area contributed by atoms with Gasteiger partial charge in [0.25, 0.3) is 5.56 Å². The molecule has 1 aliphatic heterocycles. The quantitative estimate of drug-likeness (QED) is 0.163. The maximum Gasteiger partial charge on any atom is 0.490 e. The molecule has 31 heavy (non-hydrogen) atoms. The summed E-state index contributed by atoms with van der Waals surface area (Å²) in [5, 5.41) is 10.0. The van der Waals surface area contributed by atoms with E-state index < -0.39 is 71.4 Å². The highest BCUT2D eigenvalue weighted by atomic mass is 31.3. The van der Waals surface area contributed by atoms with Crippen molar-refractivity contribution in [3.8, 4) is 0 Å². The number of aliphatic hydroxyl groups is 1. The Labute approximate surface area is 172 Å². The summed E-state index contributed by atoms with van der Waals surface area (Å²) in [5.41, 5.74) is -3.14. The van der Waals surface area contributed by atoms with Crippen LogP contribution in [0.4, 0.5) is 4.39 Å². The minimum absolute atomic E-state index is 0.00651. The highest BCUT2D eigenvalue weighted by molar-refractivity contribution is 7.66. The van der Waals surface area contributed by atoms with Gasteiger partial charge in [0.2, 0.25) is 5.85 Å². The van der Waals surface area contributed by atoms with E-state index >= 15 is 4.39 Å². The molecule has 0 aliphatic carbocycles. The minimum atomic E-state index is -6.18. The van der Waals surface area contributed by atoms with E-state index in [0.29, 0.717) is 10.8 Å². The van der Waals surface area contributed by atoms with Gasteiger partial charge in [0.15, 0.2) is 12.5 Å². The second-order valence-electron chi connectivity index (χ2n) is 5.66. The fourth-order valence-corrected chi connectivity index (χ4v) is 5.08. The van der Waals surface area contributed by atoms with Crippen molar-refractivity contribution in [2.24, 2.45) is 0 Å². The summed E-state index contributed by atoms with van der Waals surface area (Å²) >= 11 is 0. The summed E-state index contributed by atoms with van der Waals surface area (Å²) in [6.07, 6.45) is -5.06. The van der Waals surface area contributed by atoms with Crippen molar-refractivity contribution in [1.29, 1.82) is 0 Å². The van der Waals surface area contributed by atoms with E-state index in [-0.39, 0.29) is 6.29 Å². The lowest BCUT2D eigenvalue weighted by Gasteiger charge is -2.22. The third kappa shape index (κ3) is 7.05. The fourth-order valence-electron chi connectivity index (χ4n) is 2.19. The van der Waals surface area contributed by atoms with Crippen LogP contribution in [-0.2, 0) is 31.6 Å². The second kappa shape index (κ2) is 8.86. The van der Waals surface area contributed by atoms with E-state index in [1.165, 1.54) is 0 Å². The fraction of sp³-hybridized carbons (Fsp3) is 0.500. The molecule has 5 atom stereocenters. The number of aliphatic hydroxyl groups excluding tert-OH is 1. The van der Waals surface area contributed by atoms with Crippen LogP contribution in [0.3, 0.4) is 0 Å². The molecule has 2 rings (SSSR count). The zero-order valence-corrected chi connectivity index (χ0v) is 17.2.